The van der Waals surface area contributed by atoms with Gasteiger partial charge in [0.1, 0.15) is 5.82 Å². The Labute approximate surface area is 163 Å². The van der Waals surface area contributed by atoms with Crippen LogP contribution >= 0.6 is 23.2 Å². The van der Waals surface area contributed by atoms with Crippen LogP contribution in [0, 0.1) is 0 Å². The molecule has 0 unspecified atom stereocenters. The number of aromatic nitrogens is 1. The van der Waals surface area contributed by atoms with E-state index in [-0.39, 0.29) is 11.9 Å². The number of halogens is 2. The summed E-state index contributed by atoms with van der Waals surface area (Å²) in [4.78, 5) is 21.2. The van der Waals surface area contributed by atoms with Crippen LogP contribution < -0.4 is 10.2 Å². The minimum Gasteiger partial charge on any atom is -0.354 e. The maximum atomic E-state index is 12.4. The first-order chi connectivity index (χ1) is 12.5. The molecule has 5 nitrogen and oxygen atoms in total. The molecular formula is C19H22Cl2N4O. The topological polar surface area (TPSA) is 48.5 Å². The van der Waals surface area contributed by atoms with E-state index in [1.807, 2.05) is 31.2 Å². The predicted molar refractivity (Wildman–Crippen MR) is 106 cm³/mol. The lowest BCUT2D eigenvalue weighted by atomic mass is 10.1. The average molecular weight is 393 g/mol. The van der Waals surface area contributed by atoms with Crippen LogP contribution in [0.1, 0.15) is 18.5 Å². The molecule has 7 heteroatoms. The van der Waals surface area contributed by atoms with E-state index in [1.54, 1.807) is 18.3 Å². The molecule has 0 bridgehead atoms. The zero-order valence-electron chi connectivity index (χ0n) is 14.7. The average Bonchev–Trinajstić information content (AvgIpc) is 2.63. The van der Waals surface area contributed by atoms with Crippen molar-refractivity contribution in [1.29, 1.82) is 0 Å². The van der Waals surface area contributed by atoms with Crippen molar-refractivity contribution in [3.8, 4) is 0 Å². The van der Waals surface area contributed by atoms with Gasteiger partial charge in [-0.2, -0.15) is 0 Å². The molecule has 2 heterocycles. The van der Waals surface area contributed by atoms with Crippen LogP contribution in [0.5, 0.6) is 0 Å². The molecule has 0 saturated carbocycles. The minimum atomic E-state index is -0.165. The van der Waals surface area contributed by atoms with Crippen LogP contribution in [0.3, 0.4) is 0 Å². The van der Waals surface area contributed by atoms with Gasteiger partial charge in [-0.15, -0.1) is 0 Å². The summed E-state index contributed by atoms with van der Waals surface area (Å²) in [6, 6.07) is 11.1. The highest BCUT2D eigenvalue weighted by Crippen LogP contribution is 2.26. The summed E-state index contributed by atoms with van der Waals surface area (Å²) in [5.41, 5.74) is 0.865. The van der Waals surface area contributed by atoms with Crippen molar-refractivity contribution in [3.63, 3.8) is 0 Å². The number of piperazine rings is 1. The molecule has 1 amide bonds. The van der Waals surface area contributed by atoms with Crippen molar-refractivity contribution in [2.45, 2.75) is 13.0 Å². The van der Waals surface area contributed by atoms with Gasteiger partial charge in [-0.1, -0.05) is 35.3 Å². The number of carbonyl (C=O) groups is 1. The normalized spacial score (nSPS) is 16.3. The van der Waals surface area contributed by atoms with E-state index in [2.05, 4.69) is 20.1 Å². The van der Waals surface area contributed by atoms with Crippen LogP contribution in [0.2, 0.25) is 10.0 Å². The fourth-order valence-corrected chi connectivity index (χ4v) is 3.67. The van der Waals surface area contributed by atoms with Gasteiger partial charge in [-0.3, -0.25) is 9.69 Å². The van der Waals surface area contributed by atoms with Crippen LogP contribution in [0.4, 0.5) is 5.82 Å². The lowest BCUT2D eigenvalue weighted by Crippen LogP contribution is -2.49. The number of hydrogen-bond acceptors (Lipinski definition) is 4. The molecule has 26 heavy (non-hydrogen) atoms. The Morgan fingerprint density at radius 2 is 1.96 bits per heavy atom. The summed E-state index contributed by atoms with van der Waals surface area (Å²) < 4.78 is 0. The van der Waals surface area contributed by atoms with Crippen LogP contribution in [-0.4, -0.2) is 48.5 Å². The zero-order chi connectivity index (χ0) is 18.5. The first kappa shape index (κ1) is 19.0. The number of pyridine rings is 1. The number of benzene rings is 1. The number of carbonyl (C=O) groups excluding carboxylic acids is 1. The molecule has 1 aromatic carbocycles. The summed E-state index contributed by atoms with van der Waals surface area (Å²) in [5.74, 6) is 0.984. The Morgan fingerprint density at radius 1 is 1.19 bits per heavy atom. The van der Waals surface area contributed by atoms with Gasteiger partial charge in [0, 0.05) is 42.4 Å². The minimum absolute atomic E-state index is 0.00481. The molecule has 0 aliphatic carbocycles. The Balaban J connectivity index is 1.48. The fourth-order valence-electron chi connectivity index (χ4n) is 3.10. The number of nitrogens with zero attached hydrogens (tertiary/aromatic N) is 3. The maximum Gasteiger partial charge on any atom is 0.234 e. The molecule has 1 atom stereocenters. The number of anilines is 1. The standard InChI is InChI=1S/C19H22Cl2N4O/c1-14(16-6-5-15(20)12-17(16)21)23-19(26)13-24-8-10-25(11-9-24)18-4-2-3-7-22-18/h2-7,12,14H,8-11,13H2,1H3,(H,23,26)/t14-/m0/s1. The van der Waals surface area contributed by atoms with Crippen molar-refractivity contribution < 1.29 is 4.79 Å². The molecule has 0 spiro atoms. The van der Waals surface area contributed by atoms with Crippen LogP contribution in [0.25, 0.3) is 0 Å². The second-order valence-corrected chi connectivity index (χ2v) is 7.25. The van der Waals surface area contributed by atoms with Crippen molar-refractivity contribution in [1.82, 2.24) is 15.2 Å². The highest BCUT2D eigenvalue weighted by molar-refractivity contribution is 6.35. The van der Waals surface area contributed by atoms with Gasteiger partial charge in [-0.25, -0.2) is 4.98 Å². The van der Waals surface area contributed by atoms with E-state index >= 15 is 0 Å². The monoisotopic (exact) mass is 392 g/mol. The largest absolute Gasteiger partial charge is 0.354 e. The Hall–Kier alpha value is -1.82. The van der Waals surface area contributed by atoms with Gasteiger partial charge in [0.15, 0.2) is 0 Å². The van der Waals surface area contributed by atoms with Crippen molar-refractivity contribution in [2.24, 2.45) is 0 Å². The van der Waals surface area contributed by atoms with Crippen LogP contribution in [-0.2, 0) is 4.79 Å². The van der Waals surface area contributed by atoms with Gasteiger partial charge in [0.25, 0.3) is 0 Å². The highest BCUT2D eigenvalue weighted by Gasteiger charge is 2.21. The Kier molecular flexibility index (Phi) is 6.35. The molecule has 1 aliphatic rings. The molecule has 0 radical (unpaired) electrons. The molecule has 138 valence electrons. The second-order valence-electron chi connectivity index (χ2n) is 6.41. The second kappa shape index (κ2) is 8.71. The third-order valence-corrected chi connectivity index (χ3v) is 5.08. The van der Waals surface area contributed by atoms with E-state index in [4.69, 9.17) is 23.2 Å². The van der Waals surface area contributed by atoms with E-state index in [0.717, 1.165) is 37.6 Å². The van der Waals surface area contributed by atoms with E-state index in [1.165, 1.54) is 0 Å². The van der Waals surface area contributed by atoms with Gasteiger partial charge >= 0.3 is 0 Å². The SMILES string of the molecule is C[C@H](NC(=O)CN1CCN(c2ccccn2)CC1)c1ccc(Cl)cc1Cl. The lowest BCUT2D eigenvalue weighted by Gasteiger charge is -2.35. The zero-order valence-corrected chi connectivity index (χ0v) is 16.2. The highest BCUT2D eigenvalue weighted by atomic mass is 35.5. The molecule has 1 N–H and O–H groups in total. The van der Waals surface area contributed by atoms with Crippen molar-refractivity contribution in [3.05, 3.63) is 58.2 Å². The third kappa shape index (κ3) is 4.87. The Bertz CT molecular complexity index is 748. The fraction of sp³-hybridized carbons (Fsp3) is 0.368. The smallest absolute Gasteiger partial charge is 0.234 e. The summed E-state index contributed by atoms with van der Waals surface area (Å²) in [6.07, 6.45) is 1.80. The quantitative estimate of drug-likeness (QED) is 0.846. The first-order valence-corrected chi connectivity index (χ1v) is 9.41. The number of nitrogens with one attached hydrogen (secondary N) is 1. The van der Waals surface area contributed by atoms with Gasteiger partial charge < -0.3 is 10.2 Å². The number of hydrogen-bond donors (Lipinski definition) is 1. The summed E-state index contributed by atoms with van der Waals surface area (Å²) in [5, 5.41) is 4.16. The number of rotatable bonds is 5. The maximum absolute atomic E-state index is 12.4. The molecule has 2 aromatic rings. The molecular weight excluding hydrogens is 371 g/mol. The van der Waals surface area contributed by atoms with Gasteiger partial charge in [-0.05, 0) is 36.8 Å². The van der Waals surface area contributed by atoms with E-state index in [0.29, 0.717) is 16.6 Å². The van der Waals surface area contributed by atoms with Gasteiger partial charge in [0.2, 0.25) is 5.91 Å². The van der Waals surface area contributed by atoms with Gasteiger partial charge in [0.05, 0.1) is 12.6 Å². The van der Waals surface area contributed by atoms with E-state index in [9.17, 15) is 4.79 Å². The lowest BCUT2D eigenvalue weighted by molar-refractivity contribution is -0.123. The predicted octanol–water partition coefficient (Wildman–Crippen LogP) is 3.39. The summed E-state index contributed by atoms with van der Waals surface area (Å²) in [6.45, 7) is 5.70. The van der Waals surface area contributed by atoms with Crippen LogP contribution in [0.15, 0.2) is 42.6 Å². The van der Waals surface area contributed by atoms with Crippen molar-refractivity contribution >= 4 is 34.9 Å². The molecule has 3 rings (SSSR count). The summed E-state index contributed by atoms with van der Waals surface area (Å²) >= 11 is 12.1. The number of amides is 1. The molecule has 1 aromatic heterocycles. The van der Waals surface area contributed by atoms with E-state index < -0.39 is 0 Å². The molecule has 1 saturated heterocycles. The van der Waals surface area contributed by atoms with Crippen molar-refractivity contribution in [2.75, 3.05) is 37.6 Å². The summed E-state index contributed by atoms with van der Waals surface area (Å²) in [7, 11) is 0. The molecule has 1 fully saturated rings. The third-order valence-electron chi connectivity index (χ3n) is 4.52. The molecule has 1 aliphatic heterocycles. The Morgan fingerprint density at radius 3 is 2.62 bits per heavy atom. The first-order valence-electron chi connectivity index (χ1n) is 8.65.